The van der Waals surface area contributed by atoms with Gasteiger partial charge >= 0.3 is 0 Å². The lowest BCUT2D eigenvalue weighted by molar-refractivity contribution is -0.186. The summed E-state index contributed by atoms with van der Waals surface area (Å²) < 4.78 is 11.9. The average molecular weight is 530 g/mol. The van der Waals surface area contributed by atoms with Gasteiger partial charge in [-0.15, -0.1) is 0 Å². The summed E-state index contributed by atoms with van der Waals surface area (Å²) in [6.45, 7) is 7.25. The number of ether oxygens (including phenoxy) is 2. The maximum absolute atomic E-state index is 12.6. The number of carbonyl (C=O) groups is 1. The van der Waals surface area contributed by atoms with Gasteiger partial charge in [-0.05, 0) is 67.1 Å². The van der Waals surface area contributed by atoms with E-state index in [0.717, 1.165) is 68.6 Å². The number of fused-ring (bicyclic) bond motifs is 1. The normalized spacial score (nSPS) is 19.9. The summed E-state index contributed by atoms with van der Waals surface area (Å²) in [5.74, 6) is 0.614. The number of rotatable bonds is 11. The molecule has 3 aromatic carbocycles. The molecular formula is C32H39N3O4. The van der Waals surface area contributed by atoms with Crippen molar-refractivity contribution in [3.63, 3.8) is 0 Å². The van der Waals surface area contributed by atoms with Gasteiger partial charge in [-0.1, -0.05) is 61.5 Å². The second kappa shape index (κ2) is 13.7. The van der Waals surface area contributed by atoms with Crippen molar-refractivity contribution in [3.8, 4) is 5.75 Å². The Morgan fingerprint density at radius 2 is 1.92 bits per heavy atom. The molecule has 0 radical (unpaired) electrons. The number of nitrogens with one attached hydrogen (secondary N) is 2. The van der Waals surface area contributed by atoms with Gasteiger partial charge < -0.3 is 14.8 Å². The van der Waals surface area contributed by atoms with Gasteiger partial charge in [0.15, 0.2) is 6.29 Å². The standard InChI is InChI=1S/C32H39N3O4/c1-2-35(28-17-18-33-21-28)22-25(23-38-30-11-7-9-26-8-3-4-10-29(26)30)20-24-13-15-27(16-14-24)32(36)34-39-31-12-5-6-19-37-31/h3-4,7-11,13-16,20,28,31,33H,2,5-6,12,17-19,21-23H2,1H3,(H,34,36)/b25-20+. The zero-order chi connectivity index (χ0) is 26.9. The number of amides is 1. The first kappa shape index (κ1) is 27.3. The number of hydroxylamine groups is 1. The van der Waals surface area contributed by atoms with Crippen LogP contribution in [0.25, 0.3) is 16.8 Å². The van der Waals surface area contributed by atoms with Gasteiger partial charge in [-0.3, -0.25) is 9.69 Å². The minimum Gasteiger partial charge on any atom is -0.489 e. The van der Waals surface area contributed by atoms with E-state index in [1.165, 1.54) is 11.0 Å². The summed E-state index contributed by atoms with van der Waals surface area (Å²) in [4.78, 5) is 20.5. The Kier molecular flexibility index (Phi) is 9.61. The van der Waals surface area contributed by atoms with Gasteiger partial charge in [0.1, 0.15) is 12.4 Å². The van der Waals surface area contributed by atoms with Gasteiger partial charge in [0.25, 0.3) is 5.91 Å². The van der Waals surface area contributed by atoms with Crippen molar-refractivity contribution in [2.24, 2.45) is 0 Å². The summed E-state index contributed by atoms with van der Waals surface area (Å²) in [5, 5.41) is 5.77. The number of hydrogen-bond donors (Lipinski definition) is 2. The molecule has 7 nitrogen and oxygen atoms in total. The third kappa shape index (κ3) is 7.46. The lowest BCUT2D eigenvalue weighted by Gasteiger charge is -2.28. The van der Waals surface area contributed by atoms with Crippen molar-refractivity contribution < 1.29 is 19.1 Å². The Bertz CT molecular complexity index is 1240. The molecule has 0 saturated carbocycles. The van der Waals surface area contributed by atoms with E-state index in [0.29, 0.717) is 24.8 Å². The molecule has 0 spiro atoms. The monoisotopic (exact) mass is 529 g/mol. The maximum Gasteiger partial charge on any atom is 0.274 e. The summed E-state index contributed by atoms with van der Waals surface area (Å²) in [6, 6.07) is 22.6. The smallest absolute Gasteiger partial charge is 0.274 e. The lowest BCUT2D eigenvalue weighted by atomic mass is 10.1. The second-order valence-corrected chi connectivity index (χ2v) is 10.2. The van der Waals surface area contributed by atoms with Crippen LogP contribution in [0.15, 0.2) is 72.3 Å². The van der Waals surface area contributed by atoms with Crippen molar-refractivity contribution >= 4 is 22.8 Å². The largest absolute Gasteiger partial charge is 0.489 e. The fraction of sp³-hybridized carbons (Fsp3) is 0.406. The van der Waals surface area contributed by atoms with Crippen molar-refractivity contribution in [2.45, 2.75) is 44.9 Å². The van der Waals surface area contributed by atoms with Crippen LogP contribution in [0.5, 0.6) is 5.75 Å². The topological polar surface area (TPSA) is 72.1 Å². The van der Waals surface area contributed by atoms with Gasteiger partial charge in [0, 0.05) is 43.1 Å². The van der Waals surface area contributed by atoms with Crippen LogP contribution in [-0.4, -0.2) is 62.5 Å². The minimum absolute atomic E-state index is 0.273. The van der Waals surface area contributed by atoms with Crippen molar-refractivity contribution in [3.05, 3.63) is 83.4 Å². The van der Waals surface area contributed by atoms with E-state index in [-0.39, 0.29) is 12.2 Å². The molecular weight excluding hydrogens is 490 g/mol. The Morgan fingerprint density at radius 1 is 1.08 bits per heavy atom. The molecule has 2 aliphatic heterocycles. The molecule has 3 aromatic rings. The van der Waals surface area contributed by atoms with E-state index < -0.39 is 0 Å². The molecule has 2 heterocycles. The SMILES string of the molecule is CCN(C/C(=C\c1ccc(C(=O)NOC2CCCCO2)cc1)COc1cccc2ccccc12)C1CCNC1. The van der Waals surface area contributed by atoms with Crippen molar-refractivity contribution in [1.82, 2.24) is 15.7 Å². The molecule has 39 heavy (non-hydrogen) atoms. The summed E-state index contributed by atoms with van der Waals surface area (Å²) >= 11 is 0. The van der Waals surface area contributed by atoms with Crippen LogP contribution in [-0.2, 0) is 9.57 Å². The molecule has 206 valence electrons. The molecule has 2 fully saturated rings. The van der Waals surface area contributed by atoms with E-state index >= 15 is 0 Å². The van der Waals surface area contributed by atoms with Crippen LogP contribution in [0.1, 0.15) is 48.5 Å². The maximum atomic E-state index is 12.6. The molecule has 0 aromatic heterocycles. The van der Waals surface area contributed by atoms with Crippen LogP contribution in [0.2, 0.25) is 0 Å². The van der Waals surface area contributed by atoms with E-state index in [2.05, 4.69) is 46.9 Å². The highest BCUT2D eigenvalue weighted by atomic mass is 16.8. The van der Waals surface area contributed by atoms with E-state index in [4.69, 9.17) is 14.3 Å². The number of nitrogens with zero attached hydrogens (tertiary/aromatic N) is 1. The quantitative estimate of drug-likeness (QED) is 0.334. The van der Waals surface area contributed by atoms with Gasteiger partial charge in [0.2, 0.25) is 0 Å². The average Bonchev–Trinajstić information content (AvgIpc) is 3.53. The number of hydrogen-bond acceptors (Lipinski definition) is 6. The first-order valence-corrected chi connectivity index (χ1v) is 14.1. The Labute approximate surface area is 231 Å². The molecule has 2 atom stereocenters. The fourth-order valence-electron chi connectivity index (χ4n) is 5.28. The van der Waals surface area contributed by atoms with Crippen molar-refractivity contribution in [2.75, 3.05) is 39.4 Å². The predicted molar refractivity (Wildman–Crippen MR) is 155 cm³/mol. The molecule has 0 aliphatic carbocycles. The molecule has 0 bridgehead atoms. The first-order chi connectivity index (χ1) is 19.2. The lowest BCUT2D eigenvalue weighted by Crippen LogP contribution is -2.38. The molecule has 2 aliphatic rings. The first-order valence-electron chi connectivity index (χ1n) is 14.1. The van der Waals surface area contributed by atoms with Crippen molar-refractivity contribution in [1.29, 1.82) is 0 Å². The van der Waals surface area contributed by atoms with Crippen LogP contribution in [0, 0.1) is 0 Å². The molecule has 2 N–H and O–H groups in total. The number of likely N-dealkylation sites (N-methyl/N-ethyl adjacent to an activating group) is 1. The minimum atomic E-state index is -0.370. The molecule has 7 heteroatoms. The highest BCUT2D eigenvalue weighted by molar-refractivity contribution is 5.93. The fourth-order valence-corrected chi connectivity index (χ4v) is 5.28. The van der Waals surface area contributed by atoms with Gasteiger partial charge in [0.05, 0.1) is 0 Å². The molecule has 5 rings (SSSR count). The number of benzene rings is 3. The zero-order valence-electron chi connectivity index (χ0n) is 22.7. The second-order valence-electron chi connectivity index (χ2n) is 10.2. The zero-order valence-corrected chi connectivity index (χ0v) is 22.7. The number of carbonyl (C=O) groups excluding carboxylic acids is 1. The molecule has 2 saturated heterocycles. The Hall–Kier alpha value is -3.23. The van der Waals surface area contributed by atoms with Gasteiger partial charge in [-0.25, -0.2) is 10.3 Å². The van der Waals surface area contributed by atoms with Gasteiger partial charge in [-0.2, -0.15) is 0 Å². The summed E-state index contributed by atoms with van der Waals surface area (Å²) in [5.41, 5.74) is 5.29. The molecule has 2 unspecified atom stereocenters. The highest BCUT2D eigenvalue weighted by Crippen LogP contribution is 2.26. The predicted octanol–water partition coefficient (Wildman–Crippen LogP) is 5.17. The van der Waals surface area contributed by atoms with Crippen LogP contribution in [0.3, 0.4) is 0 Å². The van der Waals surface area contributed by atoms with Crippen LogP contribution >= 0.6 is 0 Å². The Morgan fingerprint density at radius 3 is 2.69 bits per heavy atom. The van der Waals surface area contributed by atoms with E-state index in [9.17, 15) is 4.79 Å². The van der Waals surface area contributed by atoms with Crippen LogP contribution < -0.4 is 15.5 Å². The molecule has 1 amide bonds. The highest BCUT2D eigenvalue weighted by Gasteiger charge is 2.22. The third-order valence-electron chi connectivity index (χ3n) is 7.49. The van der Waals surface area contributed by atoms with E-state index in [1.54, 1.807) is 0 Å². The van der Waals surface area contributed by atoms with E-state index in [1.807, 2.05) is 48.5 Å². The van der Waals surface area contributed by atoms with Crippen LogP contribution in [0.4, 0.5) is 0 Å². The summed E-state index contributed by atoms with van der Waals surface area (Å²) in [7, 11) is 0. The Balaban J connectivity index is 1.29. The third-order valence-corrected chi connectivity index (χ3v) is 7.49. The summed E-state index contributed by atoms with van der Waals surface area (Å²) in [6.07, 6.45) is 5.84.